The van der Waals surface area contributed by atoms with E-state index in [-0.39, 0.29) is 0 Å². The minimum Gasteiger partial charge on any atom is -0.316 e. The number of hydrogen-bond donors (Lipinski definition) is 2. The molecule has 5 fully saturated rings. The van der Waals surface area contributed by atoms with Crippen LogP contribution in [0, 0.1) is 29.6 Å². The van der Waals surface area contributed by atoms with E-state index in [1.165, 1.54) is 38.9 Å². The van der Waals surface area contributed by atoms with E-state index < -0.39 is 0 Å². The van der Waals surface area contributed by atoms with Gasteiger partial charge in [-0.3, -0.25) is 0 Å². The van der Waals surface area contributed by atoms with Gasteiger partial charge < -0.3 is 10.6 Å². The van der Waals surface area contributed by atoms with Crippen LogP contribution in [0.5, 0.6) is 0 Å². The van der Waals surface area contributed by atoms with Crippen molar-refractivity contribution in [2.24, 2.45) is 29.6 Å². The molecular formula is C17H30N2. The van der Waals surface area contributed by atoms with Gasteiger partial charge in [-0.05, 0) is 101 Å². The molecule has 0 aromatic carbocycles. The Labute approximate surface area is 118 Å². The SMILES string of the molecule is C(CNCC1C2CC3CC(C2)CC1C3)CNC1CC1. The van der Waals surface area contributed by atoms with Gasteiger partial charge in [0.25, 0.3) is 0 Å². The Balaban J connectivity index is 1.16. The minimum absolute atomic E-state index is 0.879. The molecule has 0 unspecified atom stereocenters. The molecule has 0 aromatic heterocycles. The molecule has 0 atom stereocenters. The largest absolute Gasteiger partial charge is 0.316 e. The highest BCUT2D eigenvalue weighted by molar-refractivity contribution is 4.98. The maximum absolute atomic E-state index is 3.77. The molecule has 4 bridgehead atoms. The second-order valence-electron chi connectivity index (χ2n) is 7.88. The Morgan fingerprint density at radius 3 is 2.11 bits per heavy atom. The monoisotopic (exact) mass is 262 g/mol. The van der Waals surface area contributed by atoms with E-state index >= 15 is 0 Å². The highest BCUT2D eigenvalue weighted by atomic mass is 15.0. The van der Waals surface area contributed by atoms with Crippen LogP contribution >= 0.6 is 0 Å². The summed E-state index contributed by atoms with van der Waals surface area (Å²) in [6.07, 6.45) is 12.0. The van der Waals surface area contributed by atoms with E-state index in [1.807, 2.05) is 0 Å². The van der Waals surface area contributed by atoms with Gasteiger partial charge in [-0.25, -0.2) is 0 Å². The maximum Gasteiger partial charge on any atom is 0.00682 e. The lowest BCUT2D eigenvalue weighted by molar-refractivity contribution is -0.0353. The normalized spacial score (nSPS) is 43.9. The van der Waals surface area contributed by atoms with Gasteiger partial charge in [0.1, 0.15) is 0 Å². The Hall–Kier alpha value is -0.0800. The van der Waals surface area contributed by atoms with Crippen molar-refractivity contribution in [2.75, 3.05) is 19.6 Å². The van der Waals surface area contributed by atoms with Gasteiger partial charge >= 0.3 is 0 Å². The third-order valence-corrected chi connectivity index (χ3v) is 6.34. The Bertz CT molecular complexity index is 282. The molecule has 0 saturated heterocycles. The summed E-state index contributed by atoms with van der Waals surface area (Å²) in [5.74, 6) is 5.47. The van der Waals surface area contributed by atoms with Crippen LogP contribution in [0.25, 0.3) is 0 Å². The predicted molar refractivity (Wildman–Crippen MR) is 79.0 cm³/mol. The van der Waals surface area contributed by atoms with Gasteiger partial charge in [0, 0.05) is 6.04 Å². The molecule has 0 aromatic rings. The Kier molecular flexibility index (Phi) is 3.57. The van der Waals surface area contributed by atoms with Crippen LogP contribution in [-0.2, 0) is 0 Å². The third-order valence-electron chi connectivity index (χ3n) is 6.34. The molecule has 5 saturated carbocycles. The van der Waals surface area contributed by atoms with Crippen molar-refractivity contribution in [3.05, 3.63) is 0 Å². The van der Waals surface area contributed by atoms with E-state index in [4.69, 9.17) is 0 Å². The summed E-state index contributed by atoms with van der Waals surface area (Å²) in [6, 6.07) is 0.879. The molecule has 2 nitrogen and oxygen atoms in total. The number of nitrogens with one attached hydrogen (secondary N) is 2. The Morgan fingerprint density at radius 2 is 1.47 bits per heavy atom. The molecule has 0 heterocycles. The fourth-order valence-electron chi connectivity index (χ4n) is 5.45. The van der Waals surface area contributed by atoms with Crippen LogP contribution in [0.1, 0.15) is 51.4 Å². The molecule has 0 amide bonds. The lowest BCUT2D eigenvalue weighted by Crippen LogP contribution is -2.48. The van der Waals surface area contributed by atoms with E-state index in [9.17, 15) is 0 Å². The topological polar surface area (TPSA) is 24.1 Å². The summed E-state index contributed by atoms with van der Waals surface area (Å²) in [5.41, 5.74) is 0. The van der Waals surface area contributed by atoms with E-state index in [0.29, 0.717) is 0 Å². The molecule has 5 aliphatic rings. The highest BCUT2D eigenvalue weighted by Gasteiger charge is 2.47. The van der Waals surface area contributed by atoms with Gasteiger partial charge in [0.15, 0.2) is 0 Å². The van der Waals surface area contributed by atoms with Gasteiger partial charge in [-0.1, -0.05) is 0 Å². The maximum atomic E-state index is 3.77. The molecule has 19 heavy (non-hydrogen) atoms. The summed E-state index contributed by atoms with van der Waals surface area (Å²) in [7, 11) is 0. The predicted octanol–water partition coefficient (Wildman–Crippen LogP) is 2.79. The molecule has 0 spiro atoms. The van der Waals surface area contributed by atoms with Crippen LogP contribution < -0.4 is 10.6 Å². The van der Waals surface area contributed by atoms with Crippen molar-refractivity contribution in [3.63, 3.8) is 0 Å². The van der Waals surface area contributed by atoms with E-state index in [1.54, 1.807) is 32.1 Å². The smallest absolute Gasteiger partial charge is 0.00682 e. The standard InChI is InChI=1S/C17H30N2/c1(5-19-16-2-3-16)4-18-11-17-14-7-12-6-13(9-14)10-15(17)8-12/h12-19H,1-11H2. The van der Waals surface area contributed by atoms with Gasteiger partial charge in [0.05, 0.1) is 0 Å². The summed E-state index contributed by atoms with van der Waals surface area (Å²) in [4.78, 5) is 0. The first-order valence-electron chi connectivity index (χ1n) is 8.82. The minimum atomic E-state index is 0.879. The average Bonchev–Trinajstić information content (AvgIpc) is 3.19. The van der Waals surface area contributed by atoms with Gasteiger partial charge in [-0.15, -0.1) is 0 Å². The molecular weight excluding hydrogens is 232 g/mol. The van der Waals surface area contributed by atoms with Crippen molar-refractivity contribution < 1.29 is 0 Å². The first-order valence-corrected chi connectivity index (χ1v) is 8.82. The summed E-state index contributed by atoms with van der Waals surface area (Å²) < 4.78 is 0. The van der Waals surface area contributed by atoms with Crippen LogP contribution in [0.4, 0.5) is 0 Å². The zero-order valence-electron chi connectivity index (χ0n) is 12.2. The average molecular weight is 262 g/mol. The summed E-state index contributed by atoms with van der Waals surface area (Å²) in [6.45, 7) is 3.76. The highest BCUT2D eigenvalue weighted by Crippen LogP contribution is 2.56. The van der Waals surface area contributed by atoms with Crippen LogP contribution in [0.15, 0.2) is 0 Å². The second kappa shape index (κ2) is 5.37. The molecule has 5 rings (SSSR count). The van der Waals surface area contributed by atoms with Crippen LogP contribution in [0.2, 0.25) is 0 Å². The molecule has 5 aliphatic carbocycles. The molecule has 2 heteroatoms. The number of rotatable bonds is 7. The first-order chi connectivity index (χ1) is 9.38. The van der Waals surface area contributed by atoms with Crippen molar-refractivity contribution in [3.8, 4) is 0 Å². The molecule has 0 radical (unpaired) electrons. The van der Waals surface area contributed by atoms with Crippen molar-refractivity contribution in [1.29, 1.82) is 0 Å². The molecule has 2 N–H and O–H groups in total. The van der Waals surface area contributed by atoms with Crippen LogP contribution in [-0.4, -0.2) is 25.7 Å². The Morgan fingerprint density at radius 1 is 0.789 bits per heavy atom. The molecule has 0 aliphatic heterocycles. The second-order valence-corrected chi connectivity index (χ2v) is 7.88. The van der Waals surface area contributed by atoms with Crippen molar-refractivity contribution in [1.82, 2.24) is 10.6 Å². The number of hydrogen-bond acceptors (Lipinski definition) is 2. The van der Waals surface area contributed by atoms with E-state index in [0.717, 1.165) is 35.6 Å². The summed E-state index contributed by atoms with van der Waals surface area (Å²) in [5, 5.41) is 7.37. The van der Waals surface area contributed by atoms with Gasteiger partial charge in [0.2, 0.25) is 0 Å². The van der Waals surface area contributed by atoms with Crippen molar-refractivity contribution in [2.45, 2.75) is 57.4 Å². The fraction of sp³-hybridized carbons (Fsp3) is 1.00. The third kappa shape index (κ3) is 2.85. The van der Waals surface area contributed by atoms with Crippen LogP contribution in [0.3, 0.4) is 0 Å². The lowest BCUT2D eigenvalue weighted by atomic mass is 9.52. The quantitative estimate of drug-likeness (QED) is 0.689. The van der Waals surface area contributed by atoms with Gasteiger partial charge in [-0.2, -0.15) is 0 Å². The first kappa shape index (κ1) is 12.6. The fourth-order valence-corrected chi connectivity index (χ4v) is 5.45. The zero-order valence-corrected chi connectivity index (χ0v) is 12.2. The zero-order chi connectivity index (χ0) is 12.7. The lowest BCUT2D eigenvalue weighted by Gasteiger charge is -2.54. The van der Waals surface area contributed by atoms with Crippen molar-refractivity contribution >= 4 is 0 Å². The van der Waals surface area contributed by atoms with E-state index in [2.05, 4.69) is 10.6 Å². The molecule has 108 valence electrons. The summed E-state index contributed by atoms with van der Waals surface area (Å²) >= 11 is 0.